The van der Waals surface area contributed by atoms with Crippen LogP contribution >= 0.6 is 0 Å². The van der Waals surface area contributed by atoms with Gasteiger partial charge in [0, 0.05) is 31.7 Å². The summed E-state index contributed by atoms with van der Waals surface area (Å²) in [5.41, 5.74) is -1.28. The molecule has 38 heavy (non-hydrogen) atoms. The molecule has 0 aromatic heterocycles. The highest BCUT2D eigenvalue weighted by molar-refractivity contribution is 7.86. The largest absolute Gasteiger partial charge is 0.416 e. The number of hydrogen-bond acceptors (Lipinski definition) is 6. The van der Waals surface area contributed by atoms with Crippen LogP contribution in [0.1, 0.15) is 36.9 Å². The standard InChI is InChI=1S/C23H27F4N5O5S/c1-14(17-5-4-16(9-18(17)24)23(25,26)27)29-21(33)19-3-2-6-32(19)22(34)20-13-30(7-8-37-20)38(35,36)31-11-15(10-28)12-31/h4-5,9,14-15,19-20H,2-3,6-8,11-13H2,1H3,(H,29,33)/t14?,19-,20+/m1/s1. The third kappa shape index (κ3) is 5.63. The number of nitrogens with one attached hydrogen (secondary N) is 1. The Morgan fingerprint density at radius 1 is 1.18 bits per heavy atom. The van der Waals surface area contributed by atoms with Gasteiger partial charge in [-0.3, -0.25) is 9.59 Å². The van der Waals surface area contributed by atoms with Crippen molar-refractivity contribution < 1.29 is 40.3 Å². The van der Waals surface area contributed by atoms with Gasteiger partial charge in [-0.05, 0) is 31.9 Å². The van der Waals surface area contributed by atoms with Crippen LogP contribution < -0.4 is 5.32 Å². The topological polar surface area (TPSA) is 123 Å². The number of likely N-dealkylation sites (tertiary alicyclic amines) is 1. The van der Waals surface area contributed by atoms with E-state index in [1.165, 1.54) is 16.1 Å². The Morgan fingerprint density at radius 3 is 2.53 bits per heavy atom. The van der Waals surface area contributed by atoms with Gasteiger partial charge in [0.2, 0.25) is 5.91 Å². The molecule has 15 heteroatoms. The molecule has 4 rings (SSSR count). The molecule has 1 aromatic carbocycles. The highest BCUT2D eigenvalue weighted by atomic mass is 32.2. The summed E-state index contributed by atoms with van der Waals surface area (Å²) in [7, 11) is -3.87. The predicted octanol–water partition coefficient (Wildman–Crippen LogP) is 1.41. The fourth-order valence-corrected chi connectivity index (χ4v) is 6.48. The van der Waals surface area contributed by atoms with Crippen LogP contribution in [0.4, 0.5) is 17.6 Å². The Kier molecular flexibility index (Phi) is 7.99. The zero-order valence-electron chi connectivity index (χ0n) is 20.4. The van der Waals surface area contributed by atoms with Gasteiger partial charge in [0.15, 0.2) is 0 Å². The Morgan fingerprint density at radius 2 is 1.89 bits per heavy atom. The van der Waals surface area contributed by atoms with Gasteiger partial charge in [-0.1, -0.05) is 6.07 Å². The van der Waals surface area contributed by atoms with Crippen molar-refractivity contribution in [1.29, 1.82) is 5.26 Å². The number of hydrogen-bond donors (Lipinski definition) is 1. The van der Waals surface area contributed by atoms with Crippen molar-refractivity contribution in [3.8, 4) is 6.07 Å². The number of rotatable bonds is 6. The van der Waals surface area contributed by atoms with E-state index in [-0.39, 0.29) is 50.8 Å². The second-order valence-corrected chi connectivity index (χ2v) is 11.5. The molecule has 0 radical (unpaired) electrons. The number of carbonyl (C=O) groups excluding carboxylic acids is 2. The van der Waals surface area contributed by atoms with Gasteiger partial charge in [0.1, 0.15) is 18.0 Å². The second kappa shape index (κ2) is 10.8. The summed E-state index contributed by atoms with van der Waals surface area (Å²) in [6, 6.07) is 2.17. The summed E-state index contributed by atoms with van der Waals surface area (Å²) >= 11 is 0. The average Bonchev–Trinajstić information content (AvgIpc) is 3.32. The first-order valence-electron chi connectivity index (χ1n) is 12.1. The Hall–Kier alpha value is -2.80. The van der Waals surface area contributed by atoms with Crippen molar-refractivity contribution in [1.82, 2.24) is 18.8 Å². The number of alkyl halides is 3. The van der Waals surface area contributed by atoms with Crippen molar-refractivity contribution in [2.75, 3.05) is 39.3 Å². The molecule has 3 aliphatic heterocycles. The van der Waals surface area contributed by atoms with Crippen molar-refractivity contribution in [3.05, 3.63) is 35.1 Å². The normalized spacial score (nSPS) is 24.5. The van der Waals surface area contributed by atoms with Crippen LogP contribution in [0.5, 0.6) is 0 Å². The highest BCUT2D eigenvalue weighted by Crippen LogP contribution is 2.32. The minimum Gasteiger partial charge on any atom is -0.366 e. The van der Waals surface area contributed by atoms with Gasteiger partial charge < -0.3 is 15.0 Å². The molecule has 3 aliphatic rings. The molecule has 0 bridgehead atoms. The maximum absolute atomic E-state index is 14.4. The van der Waals surface area contributed by atoms with Crippen LogP contribution in [0, 0.1) is 23.1 Å². The van der Waals surface area contributed by atoms with Crippen molar-refractivity contribution in [2.45, 2.75) is 44.1 Å². The number of ether oxygens (including phenoxy) is 1. The molecule has 208 valence electrons. The van der Waals surface area contributed by atoms with E-state index in [9.17, 15) is 35.6 Å². The summed E-state index contributed by atoms with van der Waals surface area (Å²) in [6.07, 6.45) is -5.05. The molecule has 0 spiro atoms. The first-order valence-corrected chi connectivity index (χ1v) is 13.5. The number of carbonyl (C=O) groups is 2. The summed E-state index contributed by atoms with van der Waals surface area (Å²) < 4.78 is 86.4. The number of nitrogens with zero attached hydrogens (tertiary/aromatic N) is 4. The van der Waals surface area contributed by atoms with Gasteiger partial charge in [-0.25, -0.2) is 4.39 Å². The lowest BCUT2D eigenvalue weighted by atomic mass is 10.0. The molecule has 0 saturated carbocycles. The Labute approximate surface area is 217 Å². The number of amides is 2. The first-order chi connectivity index (χ1) is 17.8. The number of halogens is 4. The average molecular weight is 562 g/mol. The third-order valence-electron chi connectivity index (χ3n) is 6.98. The molecule has 3 atom stereocenters. The van der Waals surface area contributed by atoms with Crippen LogP contribution in [0.25, 0.3) is 0 Å². The molecule has 0 aliphatic carbocycles. The number of benzene rings is 1. The third-order valence-corrected chi connectivity index (χ3v) is 8.91. The SMILES string of the molecule is CC(NC(=O)[C@H]1CCCN1C(=O)[C@@H]1CN(S(=O)(=O)N2CC(C#N)C2)CCO1)c1ccc(C(F)(F)F)cc1F. The molecule has 1 unspecified atom stereocenters. The zero-order chi connectivity index (χ0) is 27.8. The molecule has 2 amide bonds. The molecule has 1 aromatic rings. The van der Waals surface area contributed by atoms with E-state index in [1.807, 2.05) is 6.07 Å². The maximum atomic E-state index is 14.4. The Bertz CT molecular complexity index is 1230. The minimum absolute atomic E-state index is 0.0277. The fraction of sp³-hybridized carbons (Fsp3) is 0.609. The van der Waals surface area contributed by atoms with E-state index >= 15 is 0 Å². The van der Waals surface area contributed by atoms with Crippen molar-refractivity contribution in [3.63, 3.8) is 0 Å². The fourth-order valence-electron chi connectivity index (χ4n) is 4.79. The lowest BCUT2D eigenvalue weighted by Crippen LogP contribution is -2.60. The summed E-state index contributed by atoms with van der Waals surface area (Å²) in [6.45, 7) is 1.58. The summed E-state index contributed by atoms with van der Waals surface area (Å²) in [4.78, 5) is 27.5. The van der Waals surface area contributed by atoms with Crippen molar-refractivity contribution >= 4 is 22.0 Å². The van der Waals surface area contributed by atoms with Gasteiger partial charge in [-0.15, -0.1) is 0 Å². The molecule has 10 nitrogen and oxygen atoms in total. The Balaban J connectivity index is 1.39. The lowest BCUT2D eigenvalue weighted by Gasteiger charge is -2.40. The molecule has 3 saturated heterocycles. The maximum Gasteiger partial charge on any atom is 0.416 e. The lowest BCUT2D eigenvalue weighted by molar-refractivity contribution is -0.151. The minimum atomic E-state index is -4.71. The van der Waals surface area contributed by atoms with Gasteiger partial charge in [-0.2, -0.15) is 35.5 Å². The van der Waals surface area contributed by atoms with Crippen LogP contribution in [0.15, 0.2) is 18.2 Å². The molecule has 1 N–H and O–H groups in total. The second-order valence-electron chi connectivity index (χ2n) is 9.52. The van der Waals surface area contributed by atoms with E-state index in [4.69, 9.17) is 10.00 Å². The van der Waals surface area contributed by atoms with Crippen LogP contribution in [0.3, 0.4) is 0 Å². The van der Waals surface area contributed by atoms with Gasteiger partial charge >= 0.3 is 6.18 Å². The van der Waals surface area contributed by atoms with Gasteiger partial charge in [0.05, 0.1) is 36.7 Å². The molecular weight excluding hydrogens is 534 g/mol. The van der Waals surface area contributed by atoms with E-state index in [1.54, 1.807) is 0 Å². The summed E-state index contributed by atoms with van der Waals surface area (Å²) in [5, 5.41) is 11.5. The van der Waals surface area contributed by atoms with Crippen LogP contribution in [-0.2, 0) is 30.7 Å². The van der Waals surface area contributed by atoms with E-state index in [2.05, 4.69) is 5.32 Å². The van der Waals surface area contributed by atoms with E-state index in [0.29, 0.717) is 18.9 Å². The van der Waals surface area contributed by atoms with Crippen LogP contribution in [-0.4, -0.2) is 85.2 Å². The number of nitriles is 1. The molecular formula is C23H27F4N5O5S. The van der Waals surface area contributed by atoms with Crippen molar-refractivity contribution in [2.24, 2.45) is 5.92 Å². The quantitative estimate of drug-likeness (QED) is 0.524. The number of morpholine rings is 1. The predicted molar refractivity (Wildman–Crippen MR) is 124 cm³/mol. The molecule has 3 fully saturated rings. The van der Waals surface area contributed by atoms with Crippen LogP contribution in [0.2, 0.25) is 0 Å². The first kappa shape index (κ1) is 28.2. The highest BCUT2D eigenvalue weighted by Gasteiger charge is 2.45. The zero-order valence-corrected chi connectivity index (χ0v) is 21.3. The monoisotopic (exact) mass is 561 g/mol. The smallest absolute Gasteiger partial charge is 0.366 e. The van der Waals surface area contributed by atoms with E-state index in [0.717, 1.165) is 16.4 Å². The van der Waals surface area contributed by atoms with Gasteiger partial charge in [0.25, 0.3) is 16.1 Å². The van der Waals surface area contributed by atoms with E-state index < -0.39 is 57.8 Å². The molecule has 3 heterocycles. The summed E-state index contributed by atoms with van der Waals surface area (Å²) in [5.74, 6) is -2.65.